The van der Waals surface area contributed by atoms with Crippen molar-refractivity contribution >= 4 is 0 Å². The van der Waals surface area contributed by atoms with E-state index >= 15 is 0 Å². The molecular weight excluding hydrogens is 196 g/mol. The summed E-state index contributed by atoms with van der Waals surface area (Å²) in [5, 5.41) is 3.53. The average molecular weight is 224 g/mol. The van der Waals surface area contributed by atoms with E-state index in [0.29, 0.717) is 0 Å². The number of hydrogen-bond donors (Lipinski definition) is 1. The summed E-state index contributed by atoms with van der Waals surface area (Å²) in [5.41, 5.74) is 0. The molecule has 1 aliphatic heterocycles. The molecule has 2 nitrogen and oxygen atoms in total. The van der Waals surface area contributed by atoms with Gasteiger partial charge in [-0.2, -0.15) is 0 Å². The van der Waals surface area contributed by atoms with E-state index in [1.165, 1.54) is 58.4 Å². The molecule has 94 valence electrons. The van der Waals surface area contributed by atoms with Gasteiger partial charge < -0.3 is 10.2 Å². The first-order valence-corrected chi connectivity index (χ1v) is 7.17. The van der Waals surface area contributed by atoms with Crippen molar-refractivity contribution in [2.24, 2.45) is 17.8 Å². The van der Waals surface area contributed by atoms with Crippen LogP contribution in [0.2, 0.25) is 0 Å². The van der Waals surface area contributed by atoms with Crippen molar-refractivity contribution in [1.29, 1.82) is 0 Å². The zero-order chi connectivity index (χ0) is 11.4. The van der Waals surface area contributed by atoms with Gasteiger partial charge in [-0.15, -0.1) is 0 Å². The standard InChI is InChI=1S/C14H28N2/c1-12-3-5-14(6-4-12)11-16-8-7-15-9-13(2)10-16/h12-15H,3-11H2,1-2H3. The molecule has 0 radical (unpaired) electrons. The normalized spacial score (nSPS) is 38.2. The summed E-state index contributed by atoms with van der Waals surface area (Å²) in [7, 11) is 0. The van der Waals surface area contributed by atoms with Crippen LogP contribution >= 0.6 is 0 Å². The van der Waals surface area contributed by atoms with Gasteiger partial charge in [0, 0.05) is 26.2 Å². The summed E-state index contributed by atoms with van der Waals surface area (Å²) >= 11 is 0. The van der Waals surface area contributed by atoms with Crippen LogP contribution in [0.1, 0.15) is 39.5 Å². The maximum absolute atomic E-state index is 3.53. The molecule has 0 spiro atoms. The third-order valence-electron chi connectivity index (χ3n) is 4.32. The predicted octanol–water partition coefficient (Wildman–Crippen LogP) is 2.35. The third kappa shape index (κ3) is 3.74. The van der Waals surface area contributed by atoms with Gasteiger partial charge in [0.1, 0.15) is 0 Å². The van der Waals surface area contributed by atoms with Gasteiger partial charge in [-0.3, -0.25) is 0 Å². The highest BCUT2D eigenvalue weighted by Crippen LogP contribution is 2.28. The van der Waals surface area contributed by atoms with Gasteiger partial charge in [-0.25, -0.2) is 0 Å². The number of rotatable bonds is 2. The number of nitrogens with one attached hydrogen (secondary N) is 1. The van der Waals surface area contributed by atoms with Crippen LogP contribution in [-0.4, -0.2) is 37.6 Å². The fourth-order valence-electron chi connectivity index (χ4n) is 3.22. The molecule has 0 bridgehead atoms. The predicted molar refractivity (Wildman–Crippen MR) is 69.6 cm³/mol. The highest BCUT2D eigenvalue weighted by atomic mass is 15.2. The zero-order valence-corrected chi connectivity index (χ0v) is 11.0. The molecule has 2 heteroatoms. The molecule has 2 aliphatic rings. The summed E-state index contributed by atoms with van der Waals surface area (Å²) < 4.78 is 0. The molecule has 1 saturated heterocycles. The minimum absolute atomic E-state index is 0.824. The van der Waals surface area contributed by atoms with Gasteiger partial charge in [-0.05, 0) is 37.1 Å². The summed E-state index contributed by atoms with van der Waals surface area (Å²) in [5.74, 6) is 2.80. The summed E-state index contributed by atoms with van der Waals surface area (Å²) in [6.07, 6.45) is 5.87. The van der Waals surface area contributed by atoms with Crippen LogP contribution in [0.25, 0.3) is 0 Å². The molecule has 0 amide bonds. The Morgan fingerprint density at radius 3 is 2.56 bits per heavy atom. The van der Waals surface area contributed by atoms with Crippen LogP contribution in [0, 0.1) is 17.8 Å². The second kappa shape index (κ2) is 6.02. The molecular formula is C14H28N2. The topological polar surface area (TPSA) is 15.3 Å². The Morgan fingerprint density at radius 1 is 1.06 bits per heavy atom. The lowest BCUT2D eigenvalue weighted by molar-refractivity contribution is 0.180. The van der Waals surface area contributed by atoms with E-state index in [4.69, 9.17) is 0 Å². The monoisotopic (exact) mass is 224 g/mol. The van der Waals surface area contributed by atoms with Crippen molar-refractivity contribution in [2.45, 2.75) is 39.5 Å². The molecule has 2 rings (SSSR count). The van der Waals surface area contributed by atoms with Gasteiger partial charge in [0.15, 0.2) is 0 Å². The van der Waals surface area contributed by atoms with E-state index in [2.05, 4.69) is 24.1 Å². The maximum Gasteiger partial charge on any atom is 0.0107 e. The molecule has 2 fully saturated rings. The molecule has 0 aromatic carbocycles. The van der Waals surface area contributed by atoms with E-state index in [1.807, 2.05) is 0 Å². The van der Waals surface area contributed by atoms with Gasteiger partial charge >= 0.3 is 0 Å². The first-order valence-electron chi connectivity index (χ1n) is 7.17. The van der Waals surface area contributed by atoms with Crippen LogP contribution in [0.4, 0.5) is 0 Å². The fourth-order valence-corrected chi connectivity index (χ4v) is 3.22. The lowest BCUT2D eigenvalue weighted by Gasteiger charge is -2.31. The minimum Gasteiger partial charge on any atom is -0.315 e. The number of nitrogens with zero attached hydrogens (tertiary/aromatic N) is 1. The zero-order valence-electron chi connectivity index (χ0n) is 11.0. The SMILES string of the molecule is CC1CCC(CN2CCNCC(C)C2)CC1. The second-order valence-corrected chi connectivity index (χ2v) is 6.19. The van der Waals surface area contributed by atoms with Gasteiger partial charge in [0.25, 0.3) is 0 Å². The maximum atomic E-state index is 3.53. The molecule has 1 atom stereocenters. The van der Waals surface area contributed by atoms with Crippen molar-refractivity contribution in [1.82, 2.24) is 10.2 Å². The molecule has 0 aromatic rings. The Balaban J connectivity index is 1.75. The van der Waals surface area contributed by atoms with Crippen LogP contribution in [0.15, 0.2) is 0 Å². The van der Waals surface area contributed by atoms with E-state index < -0.39 is 0 Å². The van der Waals surface area contributed by atoms with Crippen LogP contribution < -0.4 is 5.32 Å². The van der Waals surface area contributed by atoms with Gasteiger partial charge in [0.05, 0.1) is 0 Å². The Kier molecular flexibility index (Phi) is 4.66. The highest BCUT2D eigenvalue weighted by Gasteiger charge is 2.22. The lowest BCUT2D eigenvalue weighted by atomic mass is 9.83. The minimum atomic E-state index is 0.824. The first kappa shape index (κ1) is 12.4. The van der Waals surface area contributed by atoms with E-state index in [9.17, 15) is 0 Å². The van der Waals surface area contributed by atoms with Crippen molar-refractivity contribution < 1.29 is 0 Å². The van der Waals surface area contributed by atoms with Gasteiger partial charge in [-0.1, -0.05) is 26.7 Å². The summed E-state index contributed by atoms with van der Waals surface area (Å²) in [6.45, 7) is 11.1. The average Bonchev–Trinajstić information content (AvgIpc) is 2.46. The van der Waals surface area contributed by atoms with Crippen molar-refractivity contribution in [3.8, 4) is 0 Å². The molecule has 1 unspecified atom stereocenters. The second-order valence-electron chi connectivity index (χ2n) is 6.19. The summed E-state index contributed by atoms with van der Waals surface area (Å²) in [6, 6.07) is 0. The molecule has 1 aliphatic carbocycles. The molecule has 16 heavy (non-hydrogen) atoms. The van der Waals surface area contributed by atoms with Crippen LogP contribution in [-0.2, 0) is 0 Å². The fraction of sp³-hybridized carbons (Fsp3) is 1.00. The highest BCUT2D eigenvalue weighted by molar-refractivity contribution is 4.77. The van der Waals surface area contributed by atoms with E-state index in [-0.39, 0.29) is 0 Å². The first-order chi connectivity index (χ1) is 7.74. The Morgan fingerprint density at radius 2 is 1.81 bits per heavy atom. The number of hydrogen-bond acceptors (Lipinski definition) is 2. The molecule has 1 saturated carbocycles. The molecule has 1 N–H and O–H groups in total. The Bertz CT molecular complexity index is 197. The van der Waals surface area contributed by atoms with Crippen molar-refractivity contribution in [2.75, 3.05) is 32.7 Å². The van der Waals surface area contributed by atoms with Crippen LogP contribution in [0.3, 0.4) is 0 Å². The smallest absolute Gasteiger partial charge is 0.0107 e. The largest absolute Gasteiger partial charge is 0.315 e. The molecule has 0 aromatic heterocycles. The van der Waals surface area contributed by atoms with E-state index in [0.717, 1.165) is 17.8 Å². The van der Waals surface area contributed by atoms with Crippen LogP contribution in [0.5, 0.6) is 0 Å². The third-order valence-corrected chi connectivity index (χ3v) is 4.32. The Hall–Kier alpha value is -0.0800. The summed E-state index contributed by atoms with van der Waals surface area (Å²) in [4.78, 5) is 2.70. The van der Waals surface area contributed by atoms with Gasteiger partial charge in [0.2, 0.25) is 0 Å². The van der Waals surface area contributed by atoms with Crippen molar-refractivity contribution in [3.05, 3.63) is 0 Å². The van der Waals surface area contributed by atoms with E-state index in [1.54, 1.807) is 0 Å². The lowest BCUT2D eigenvalue weighted by Crippen LogP contribution is -2.35. The molecule has 1 heterocycles. The van der Waals surface area contributed by atoms with Crippen molar-refractivity contribution in [3.63, 3.8) is 0 Å². The Labute approximate surface area is 101 Å². The quantitative estimate of drug-likeness (QED) is 0.774.